The molecule has 1 heterocycles. The molecule has 27 heavy (non-hydrogen) atoms. The number of aryl methyl sites for hydroxylation is 2. The van der Waals surface area contributed by atoms with Gasteiger partial charge in [-0.15, -0.1) is 0 Å². The molecule has 0 unspecified atom stereocenters. The zero-order valence-corrected chi connectivity index (χ0v) is 15.3. The number of aliphatic imine (C=N–C) groups is 1. The van der Waals surface area contributed by atoms with E-state index in [2.05, 4.69) is 9.98 Å². The van der Waals surface area contributed by atoms with Gasteiger partial charge in [0.1, 0.15) is 5.56 Å². The quantitative estimate of drug-likeness (QED) is 0.683. The Bertz CT molecular complexity index is 1080. The zero-order valence-electron chi connectivity index (χ0n) is 15.3. The lowest BCUT2D eigenvalue weighted by molar-refractivity contribution is 0.430. The maximum absolute atomic E-state index is 12.3. The molecule has 0 saturated heterocycles. The Labute approximate surface area is 156 Å². The van der Waals surface area contributed by atoms with Gasteiger partial charge >= 0.3 is 5.69 Å². The van der Waals surface area contributed by atoms with Gasteiger partial charge in [0.15, 0.2) is 0 Å². The van der Waals surface area contributed by atoms with Crippen molar-refractivity contribution >= 4 is 6.21 Å². The van der Waals surface area contributed by atoms with E-state index in [1.165, 1.54) is 6.21 Å². The van der Waals surface area contributed by atoms with Gasteiger partial charge in [0, 0.05) is 12.8 Å². The van der Waals surface area contributed by atoms with E-state index in [0.717, 1.165) is 21.3 Å². The molecule has 0 aliphatic rings. The monoisotopic (exact) mass is 363 g/mol. The Hall–Kier alpha value is -3.41. The fourth-order valence-electron chi connectivity index (χ4n) is 2.97. The van der Waals surface area contributed by atoms with E-state index in [9.17, 15) is 14.7 Å². The number of hydrogen-bond acceptors (Lipinski definition) is 4. The standard InChI is InChI=1S/C21H21N3O3/c1-14-10-15(2)12-17(11-14)24-20(26)18(19(25)23-21(24)27)13-22-9-8-16-6-4-3-5-7-16/h3-7,10-13,26H,8-9H2,1-2H3,(H,23,25,27). The third-order valence-corrected chi connectivity index (χ3v) is 4.18. The summed E-state index contributed by atoms with van der Waals surface area (Å²) in [5, 5.41) is 10.6. The van der Waals surface area contributed by atoms with Crippen LogP contribution >= 0.6 is 0 Å². The molecule has 3 rings (SSSR count). The van der Waals surface area contributed by atoms with E-state index in [1.807, 2.05) is 50.2 Å². The highest BCUT2D eigenvalue weighted by Gasteiger charge is 2.14. The van der Waals surface area contributed by atoms with E-state index in [1.54, 1.807) is 12.1 Å². The lowest BCUT2D eigenvalue weighted by atomic mass is 10.1. The molecule has 0 atom stereocenters. The van der Waals surface area contributed by atoms with Crippen LogP contribution in [0.15, 0.2) is 63.1 Å². The maximum atomic E-state index is 12.3. The Morgan fingerprint density at radius 1 is 1.07 bits per heavy atom. The summed E-state index contributed by atoms with van der Waals surface area (Å²) in [5.74, 6) is -0.419. The summed E-state index contributed by atoms with van der Waals surface area (Å²) in [7, 11) is 0. The summed E-state index contributed by atoms with van der Waals surface area (Å²) in [6.45, 7) is 4.26. The van der Waals surface area contributed by atoms with Gasteiger partial charge in [-0.3, -0.25) is 14.8 Å². The Balaban J connectivity index is 1.93. The average Bonchev–Trinajstić information content (AvgIpc) is 2.60. The van der Waals surface area contributed by atoms with Gasteiger partial charge < -0.3 is 5.11 Å². The lowest BCUT2D eigenvalue weighted by Gasteiger charge is -2.11. The number of nitrogens with one attached hydrogen (secondary N) is 1. The van der Waals surface area contributed by atoms with E-state index in [0.29, 0.717) is 18.7 Å². The molecule has 2 aromatic carbocycles. The largest absolute Gasteiger partial charge is 0.493 e. The second-order valence-electron chi connectivity index (χ2n) is 6.45. The van der Waals surface area contributed by atoms with Crippen LogP contribution in [0.2, 0.25) is 0 Å². The van der Waals surface area contributed by atoms with Gasteiger partial charge in [-0.2, -0.15) is 0 Å². The fraction of sp³-hybridized carbons (Fsp3) is 0.190. The van der Waals surface area contributed by atoms with Crippen molar-refractivity contribution in [3.63, 3.8) is 0 Å². The van der Waals surface area contributed by atoms with Crippen LogP contribution in [-0.2, 0) is 6.42 Å². The molecule has 0 saturated carbocycles. The second kappa shape index (κ2) is 7.86. The molecule has 6 nitrogen and oxygen atoms in total. The molecule has 0 amide bonds. The minimum absolute atomic E-state index is 0.0400. The summed E-state index contributed by atoms with van der Waals surface area (Å²) in [4.78, 5) is 30.9. The van der Waals surface area contributed by atoms with Crippen LogP contribution in [0, 0.1) is 13.8 Å². The van der Waals surface area contributed by atoms with Crippen molar-refractivity contribution in [3.8, 4) is 11.6 Å². The number of hydrogen-bond donors (Lipinski definition) is 2. The van der Waals surface area contributed by atoms with Crippen LogP contribution in [0.5, 0.6) is 5.88 Å². The predicted molar refractivity (Wildman–Crippen MR) is 106 cm³/mol. The van der Waals surface area contributed by atoms with E-state index in [4.69, 9.17) is 0 Å². The molecule has 0 aliphatic carbocycles. The Morgan fingerprint density at radius 2 is 1.74 bits per heavy atom. The van der Waals surface area contributed by atoms with Crippen LogP contribution < -0.4 is 11.2 Å². The molecule has 3 aromatic rings. The van der Waals surface area contributed by atoms with Crippen molar-refractivity contribution < 1.29 is 5.11 Å². The number of nitrogens with zero attached hydrogens (tertiary/aromatic N) is 2. The topological polar surface area (TPSA) is 87.4 Å². The van der Waals surface area contributed by atoms with Gasteiger partial charge in [0.05, 0.1) is 5.69 Å². The third-order valence-electron chi connectivity index (χ3n) is 4.18. The predicted octanol–water partition coefficient (Wildman–Crippen LogP) is 2.51. The fourth-order valence-corrected chi connectivity index (χ4v) is 2.97. The van der Waals surface area contributed by atoms with E-state index >= 15 is 0 Å². The van der Waals surface area contributed by atoms with Crippen molar-refractivity contribution in [1.82, 2.24) is 9.55 Å². The molecular formula is C21H21N3O3. The molecule has 0 spiro atoms. The SMILES string of the molecule is Cc1cc(C)cc(-n2c(O)c(C=NCCc3ccccc3)c(=O)[nH]c2=O)c1. The van der Waals surface area contributed by atoms with Gasteiger partial charge in [-0.1, -0.05) is 36.4 Å². The van der Waals surface area contributed by atoms with E-state index < -0.39 is 17.1 Å². The summed E-state index contributed by atoms with van der Waals surface area (Å²) in [6.07, 6.45) is 2.03. The van der Waals surface area contributed by atoms with Gasteiger partial charge in [-0.25, -0.2) is 9.36 Å². The first kappa shape index (κ1) is 18.4. The van der Waals surface area contributed by atoms with Crippen molar-refractivity contribution in [2.24, 2.45) is 4.99 Å². The smallest absolute Gasteiger partial charge is 0.335 e. The summed E-state index contributed by atoms with van der Waals surface area (Å²) >= 11 is 0. The number of rotatable bonds is 5. The summed E-state index contributed by atoms with van der Waals surface area (Å²) in [5.41, 5.74) is 2.12. The molecule has 1 aromatic heterocycles. The number of aromatic amines is 1. The highest BCUT2D eigenvalue weighted by atomic mass is 16.3. The van der Waals surface area contributed by atoms with Crippen molar-refractivity contribution in [1.29, 1.82) is 0 Å². The highest BCUT2D eigenvalue weighted by molar-refractivity contribution is 5.82. The van der Waals surface area contributed by atoms with Gasteiger partial charge in [0.2, 0.25) is 5.88 Å². The van der Waals surface area contributed by atoms with Crippen molar-refractivity contribution in [2.45, 2.75) is 20.3 Å². The van der Waals surface area contributed by atoms with Gasteiger partial charge in [0.25, 0.3) is 5.56 Å². The van der Waals surface area contributed by atoms with Crippen LogP contribution in [0.1, 0.15) is 22.3 Å². The molecule has 2 N–H and O–H groups in total. The maximum Gasteiger partial charge on any atom is 0.335 e. The van der Waals surface area contributed by atoms with Crippen LogP contribution in [0.3, 0.4) is 0 Å². The Morgan fingerprint density at radius 3 is 2.41 bits per heavy atom. The first-order valence-corrected chi connectivity index (χ1v) is 8.66. The molecular weight excluding hydrogens is 342 g/mol. The minimum atomic E-state index is -0.691. The highest BCUT2D eigenvalue weighted by Crippen LogP contribution is 2.18. The third kappa shape index (κ3) is 4.23. The normalized spacial score (nSPS) is 11.2. The lowest BCUT2D eigenvalue weighted by Crippen LogP contribution is -2.31. The number of H-pyrrole nitrogens is 1. The molecule has 0 radical (unpaired) electrons. The minimum Gasteiger partial charge on any atom is -0.493 e. The molecule has 0 aliphatic heterocycles. The number of aromatic hydroxyl groups is 1. The summed E-state index contributed by atoms with van der Waals surface area (Å²) in [6, 6.07) is 15.3. The second-order valence-corrected chi connectivity index (χ2v) is 6.45. The number of benzene rings is 2. The van der Waals surface area contributed by atoms with Crippen LogP contribution in [0.4, 0.5) is 0 Å². The van der Waals surface area contributed by atoms with Crippen LogP contribution in [-0.4, -0.2) is 27.4 Å². The molecule has 138 valence electrons. The van der Waals surface area contributed by atoms with Crippen LogP contribution in [0.25, 0.3) is 5.69 Å². The molecule has 0 bridgehead atoms. The van der Waals surface area contributed by atoms with Crippen molar-refractivity contribution in [2.75, 3.05) is 6.54 Å². The number of aromatic nitrogens is 2. The average molecular weight is 363 g/mol. The molecule has 0 fully saturated rings. The zero-order chi connectivity index (χ0) is 19.4. The molecule has 6 heteroatoms. The van der Waals surface area contributed by atoms with Crippen molar-refractivity contribution in [3.05, 3.63) is 91.6 Å². The summed E-state index contributed by atoms with van der Waals surface area (Å²) < 4.78 is 1.08. The first-order chi connectivity index (χ1) is 13.0. The first-order valence-electron chi connectivity index (χ1n) is 8.66. The Kier molecular flexibility index (Phi) is 5.35. The van der Waals surface area contributed by atoms with E-state index in [-0.39, 0.29) is 5.56 Å². The van der Waals surface area contributed by atoms with Gasteiger partial charge in [-0.05, 0) is 49.1 Å².